The van der Waals surface area contributed by atoms with E-state index in [2.05, 4.69) is 10.3 Å². The van der Waals surface area contributed by atoms with Crippen LogP contribution in [0.5, 0.6) is 0 Å². The van der Waals surface area contributed by atoms with Gasteiger partial charge in [0.2, 0.25) is 0 Å². The Morgan fingerprint density at radius 2 is 1.81 bits per heavy atom. The third-order valence-corrected chi connectivity index (χ3v) is 6.99. The van der Waals surface area contributed by atoms with Crippen LogP contribution in [0.1, 0.15) is 10.4 Å². The van der Waals surface area contributed by atoms with Crippen LogP contribution < -0.4 is 9.62 Å². The molecule has 0 atom stereocenters. The Morgan fingerprint density at radius 1 is 1.06 bits per heavy atom. The number of sulfonamides is 1. The van der Waals surface area contributed by atoms with E-state index in [9.17, 15) is 17.6 Å². The van der Waals surface area contributed by atoms with Gasteiger partial charge in [-0.15, -0.1) is 0 Å². The van der Waals surface area contributed by atoms with Gasteiger partial charge in [0.25, 0.3) is 15.9 Å². The molecule has 9 heteroatoms. The lowest BCUT2D eigenvalue weighted by Crippen LogP contribution is -2.27. The van der Waals surface area contributed by atoms with Crippen molar-refractivity contribution < 1.29 is 17.6 Å². The van der Waals surface area contributed by atoms with Gasteiger partial charge >= 0.3 is 0 Å². The van der Waals surface area contributed by atoms with Crippen molar-refractivity contribution in [1.82, 2.24) is 4.98 Å². The molecule has 0 radical (unpaired) electrons. The number of nitrogens with zero attached hydrogens (tertiary/aromatic N) is 1. The van der Waals surface area contributed by atoms with Crippen LogP contribution >= 0.6 is 11.6 Å². The van der Waals surface area contributed by atoms with Crippen molar-refractivity contribution in [2.45, 2.75) is 4.90 Å². The van der Waals surface area contributed by atoms with Gasteiger partial charge in [0.05, 0.1) is 26.9 Å². The maximum atomic E-state index is 13.2. The molecule has 0 bridgehead atoms. The summed E-state index contributed by atoms with van der Waals surface area (Å²) in [5.74, 6) is -1.02. The summed E-state index contributed by atoms with van der Waals surface area (Å²) >= 11 is 6.20. The average molecular weight is 458 g/mol. The van der Waals surface area contributed by atoms with Crippen LogP contribution in [0.25, 0.3) is 10.9 Å². The molecule has 0 aliphatic carbocycles. The van der Waals surface area contributed by atoms with Gasteiger partial charge in [0.1, 0.15) is 5.82 Å². The van der Waals surface area contributed by atoms with E-state index in [1.54, 1.807) is 18.3 Å². The minimum atomic E-state index is -4.01. The maximum absolute atomic E-state index is 13.2. The van der Waals surface area contributed by atoms with E-state index in [1.165, 1.54) is 49.5 Å². The monoisotopic (exact) mass is 457 g/mol. The molecule has 1 aromatic heterocycles. The minimum absolute atomic E-state index is 0.0165. The second-order valence-electron chi connectivity index (χ2n) is 6.79. The minimum Gasteiger partial charge on any atom is -0.361 e. The number of hydrogen-bond donors (Lipinski definition) is 2. The molecule has 0 aliphatic rings. The molecule has 4 aromatic rings. The second-order valence-corrected chi connectivity index (χ2v) is 9.17. The van der Waals surface area contributed by atoms with Crippen LogP contribution in [0.4, 0.5) is 15.8 Å². The highest BCUT2D eigenvalue weighted by molar-refractivity contribution is 7.92. The summed E-state index contributed by atoms with van der Waals surface area (Å²) < 4.78 is 40.3. The molecule has 6 nitrogen and oxygen atoms in total. The number of carbonyl (C=O) groups excluding carboxylic acids is 1. The summed E-state index contributed by atoms with van der Waals surface area (Å²) in [6.07, 6.45) is 1.76. The number of aromatic nitrogens is 1. The summed E-state index contributed by atoms with van der Waals surface area (Å²) in [6, 6.07) is 16.2. The van der Waals surface area contributed by atoms with Gasteiger partial charge in [-0.05, 0) is 60.7 Å². The molecule has 158 valence electrons. The summed E-state index contributed by atoms with van der Waals surface area (Å²) in [7, 11) is -2.66. The lowest BCUT2D eigenvalue weighted by Gasteiger charge is -2.20. The first-order valence-corrected chi connectivity index (χ1v) is 11.0. The number of anilines is 2. The largest absolute Gasteiger partial charge is 0.361 e. The Balaban J connectivity index is 1.67. The molecule has 0 fully saturated rings. The molecular formula is C22H17ClFN3O3S. The van der Waals surface area contributed by atoms with Gasteiger partial charge in [-0.3, -0.25) is 9.10 Å². The van der Waals surface area contributed by atoms with Crippen molar-refractivity contribution in [3.05, 3.63) is 89.3 Å². The average Bonchev–Trinajstić information content (AvgIpc) is 3.24. The fourth-order valence-electron chi connectivity index (χ4n) is 3.17. The quantitative estimate of drug-likeness (QED) is 0.440. The Morgan fingerprint density at radius 3 is 2.55 bits per heavy atom. The van der Waals surface area contributed by atoms with Gasteiger partial charge in [-0.2, -0.15) is 0 Å². The van der Waals surface area contributed by atoms with Crippen molar-refractivity contribution in [2.24, 2.45) is 0 Å². The smallest absolute Gasteiger partial charge is 0.264 e. The van der Waals surface area contributed by atoms with E-state index in [0.29, 0.717) is 5.69 Å². The van der Waals surface area contributed by atoms with E-state index >= 15 is 0 Å². The van der Waals surface area contributed by atoms with Crippen LogP contribution in [0, 0.1) is 5.82 Å². The van der Waals surface area contributed by atoms with Crippen LogP contribution in [-0.4, -0.2) is 26.4 Å². The highest BCUT2D eigenvalue weighted by atomic mass is 35.5. The van der Waals surface area contributed by atoms with Gasteiger partial charge in [-0.25, -0.2) is 12.8 Å². The lowest BCUT2D eigenvalue weighted by atomic mass is 10.1. The molecule has 0 spiro atoms. The predicted octanol–water partition coefficient (Wildman–Crippen LogP) is 5.04. The summed E-state index contributed by atoms with van der Waals surface area (Å²) in [6.45, 7) is 0. The number of rotatable bonds is 5. The number of halogens is 2. The maximum Gasteiger partial charge on any atom is 0.264 e. The molecule has 4 rings (SSSR count). The van der Waals surface area contributed by atoms with Crippen LogP contribution in [0.15, 0.2) is 77.8 Å². The zero-order valence-electron chi connectivity index (χ0n) is 16.3. The molecule has 0 saturated heterocycles. The zero-order chi connectivity index (χ0) is 22.2. The predicted molar refractivity (Wildman–Crippen MR) is 120 cm³/mol. The number of aromatic amines is 1. The topological polar surface area (TPSA) is 82.3 Å². The highest BCUT2D eigenvalue weighted by Crippen LogP contribution is 2.28. The SMILES string of the molecule is CN(c1ccc(F)cc1)S(=O)(=O)c1ccc(Cl)c(C(=O)Nc2cccc3[nH]ccc23)c1. The standard InChI is InChI=1S/C22H17ClFN3O3S/c1-27(15-7-5-14(24)6-8-15)31(29,30)16-9-10-19(23)18(13-16)22(28)26-21-4-2-3-20-17(21)11-12-25-20/h2-13,25H,1H3,(H,26,28). The number of H-pyrrole nitrogens is 1. The number of nitrogens with one attached hydrogen (secondary N) is 2. The number of carbonyl (C=O) groups is 1. The van der Waals surface area contributed by atoms with Crippen molar-refractivity contribution in [3.63, 3.8) is 0 Å². The van der Waals surface area contributed by atoms with E-state index in [4.69, 9.17) is 11.6 Å². The Hall–Kier alpha value is -3.36. The van der Waals surface area contributed by atoms with Crippen molar-refractivity contribution in [3.8, 4) is 0 Å². The molecule has 1 amide bonds. The fraction of sp³-hybridized carbons (Fsp3) is 0.0455. The van der Waals surface area contributed by atoms with E-state index in [-0.39, 0.29) is 21.2 Å². The molecule has 0 saturated carbocycles. The number of fused-ring (bicyclic) bond motifs is 1. The Kier molecular flexibility index (Phi) is 5.43. The van der Waals surface area contributed by atoms with Crippen LogP contribution in [0.3, 0.4) is 0 Å². The van der Waals surface area contributed by atoms with Gasteiger partial charge in [-0.1, -0.05) is 17.7 Å². The highest BCUT2D eigenvalue weighted by Gasteiger charge is 2.24. The molecule has 0 aliphatic heterocycles. The van der Waals surface area contributed by atoms with Crippen molar-refractivity contribution >= 4 is 49.8 Å². The van der Waals surface area contributed by atoms with Gasteiger partial charge in [0.15, 0.2) is 0 Å². The summed E-state index contributed by atoms with van der Waals surface area (Å²) in [4.78, 5) is 15.8. The van der Waals surface area contributed by atoms with Crippen molar-refractivity contribution in [1.29, 1.82) is 0 Å². The van der Waals surface area contributed by atoms with Crippen LogP contribution in [0.2, 0.25) is 5.02 Å². The molecule has 3 aromatic carbocycles. The number of amides is 1. The fourth-order valence-corrected chi connectivity index (χ4v) is 4.60. The van der Waals surface area contributed by atoms with E-state index in [0.717, 1.165) is 15.2 Å². The molecule has 1 heterocycles. The Labute approximate surface area is 183 Å². The van der Waals surface area contributed by atoms with Crippen molar-refractivity contribution in [2.75, 3.05) is 16.7 Å². The van der Waals surface area contributed by atoms with Gasteiger partial charge in [0, 0.05) is 24.1 Å². The normalized spacial score (nSPS) is 11.5. The van der Waals surface area contributed by atoms with Crippen LogP contribution in [-0.2, 0) is 10.0 Å². The molecule has 31 heavy (non-hydrogen) atoms. The molecule has 2 N–H and O–H groups in total. The molecule has 0 unspecified atom stereocenters. The first-order valence-electron chi connectivity index (χ1n) is 9.19. The van der Waals surface area contributed by atoms with E-state index in [1.807, 2.05) is 12.1 Å². The summed E-state index contributed by atoms with van der Waals surface area (Å²) in [5, 5.41) is 3.71. The Bertz CT molecular complexity index is 1380. The van der Waals surface area contributed by atoms with E-state index < -0.39 is 21.7 Å². The van der Waals surface area contributed by atoms with Gasteiger partial charge < -0.3 is 10.3 Å². The number of benzene rings is 3. The third kappa shape index (κ3) is 3.99. The third-order valence-electron chi connectivity index (χ3n) is 4.87. The summed E-state index contributed by atoms with van der Waals surface area (Å²) in [5.41, 5.74) is 1.71. The lowest BCUT2D eigenvalue weighted by molar-refractivity contribution is 0.102. The second kappa shape index (κ2) is 8.05. The molecular weight excluding hydrogens is 441 g/mol. The number of hydrogen-bond acceptors (Lipinski definition) is 3. The first-order chi connectivity index (χ1) is 14.8. The first kappa shape index (κ1) is 20.9. The zero-order valence-corrected chi connectivity index (χ0v) is 17.8.